The summed E-state index contributed by atoms with van der Waals surface area (Å²) in [6.07, 6.45) is -7.46. The molecule has 0 saturated carbocycles. The Morgan fingerprint density at radius 3 is 1.21 bits per heavy atom. The van der Waals surface area contributed by atoms with Crippen LogP contribution in [0.4, 0.5) is 0 Å². The van der Waals surface area contributed by atoms with E-state index in [9.17, 15) is 79.2 Å². The van der Waals surface area contributed by atoms with Gasteiger partial charge in [0.25, 0.3) is 0 Å². The summed E-state index contributed by atoms with van der Waals surface area (Å²) in [5, 5.41) is 96.4. The molecule has 5 heterocycles. The van der Waals surface area contributed by atoms with Gasteiger partial charge in [0.15, 0.2) is 0 Å². The minimum Gasteiger partial charge on any atom is -0.657 e. The van der Waals surface area contributed by atoms with Gasteiger partial charge in [0.05, 0.1) is 0 Å². The summed E-state index contributed by atoms with van der Waals surface area (Å²) < 4.78 is 0. The zero-order valence-corrected chi connectivity index (χ0v) is 34.7. The molecular weight excluding hydrogens is 872 g/mol. The predicted octanol–water partition coefficient (Wildman–Crippen LogP) is -6.16. The van der Waals surface area contributed by atoms with Crippen molar-refractivity contribution in [2.45, 2.75) is 114 Å². The van der Waals surface area contributed by atoms with Crippen molar-refractivity contribution in [3.8, 4) is 0 Å². The van der Waals surface area contributed by atoms with Crippen LogP contribution in [0.15, 0.2) is 24.3 Å². The largest absolute Gasteiger partial charge is 2.00 e. The molecular formula is C42H44FeN4O16. The van der Waals surface area contributed by atoms with Crippen molar-refractivity contribution in [3.05, 3.63) is 69.3 Å². The Hall–Kier alpha value is -6.60. The molecule has 0 saturated heterocycles. The minimum atomic E-state index is -1.67. The maximum atomic E-state index is 12.4. The van der Waals surface area contributed by atoms with Crippen molar-refractivity contribution in [3.63, 3.8) is 0 Å². The van der Waals surface area contributed by atoms with E-state index in [-0.39, 0.29) is 108 Å². The number of aryl methyl sites for hydroxylation is 2. The third kappa shape index (κ3) is 11.1. The van der Waals surface area contributed by atoms with Gasteiger partial charge in [-0.05, 0) is 70.3 Å². The average Bonchev–Trinajstić information content (AvgIpc) is 3.77. The standard InChI is InChI=1S/C42H46N4O16.Fe/c1-41(17-39(59)60)23(5-9-35(51)52)29-14-27-21(11-37(55)56)19(3-7-33(47)48)25(43-27)13-26-20(4-8-34(49)50)22(12-38(57)58)28(44-26)15-31-42(2,18-40(61)62)24(6-10-36(53)54)30(46-31)16-32(41)45-29;/h13-16,23-24H,3-12,17-18H2,1-2H3,(H10,43,44,45,46,47,48,49,50,51,52,53,54,55,56,57,58,59,60,61,62);/q;+2/p-2. The number of aromatic nitrogens is 4. The summed E-state index contributed by atoms with van der Waals surface area (Å²) >= 11 is 0. The number of aliphatic carboxylic acids is 8. The van der Waals surface area contributed by atoms with Crippen molar-refractivity contribution < 1.29 is 108 Å². The Balaban J connectivity index is -0.00000161. The second-order valence-corrected chi connectivity index (χ2v) is 15.8. The fourth-order valence-corrected chi connectivity index (χ4v) is 8.70. The van der Waals surface area contributed by atoms with E-state index in [0.29, 0.717) is 0 Å². The summed E-state index contributed by atoms with van der Waals surface area (Å²) in [6, 6.07) is 4.97. The normalized spacial score (nSPS) is 19.1. The summed E-state index contributed by atoms with van der Waals surface area (Å²) in [4.78, 5) is 115. The molecule has 0 aromatic carbocycles. The number of carboxylic acids is 8. The molecule has 21 heteroatoms. The maximum absolute atomic E-state index is 12.4. The zero-order valence-electron chi connectivity index (χ0n) is 41.6. The van der Waals surface area contributed by atoms with Crippen LogP contribution in [0.25, 0.3) is 22.1 Å². The van der Waals surface area contributed by atoms with Crippen LogP contribution in [0.2, 0.25) is 0 Å². The molecule has 0 spiro atoms. The van der Waals surface area contributed by atoms with Crippen molar-refractivity contribution >= 4 is 69.8 Å². The number of carbonyl (C=O) groups excluding carboxylic acids is 8. The van der Waals surface area contributed by atoms with Gasteiger partial charge in [-0.1, -0.05) is 54.3 Å². The van der Waals surface area contributed by atoms with E-state index < -0.39 is 135 Å². The third-order valence-corrected chi connectivity index (χ3v) is 11.6. The number of carboxylic acid groups (broad SMARTS) is 8. The van der Waals surface area contributed by atoms with Crippen LogP contribution in [0.5, 0.6) is 0 Å². The molecule has 0 amide bonds. The summed E-state index contributed by atoms with van der Waals surface area (Å²) in [7, 11) is 0. The number of rotatable bonds is 20. The molecule has 2 aliphatic rings. The Morgan fingerprint density at radius 1 is 0.492 bits per heavy atom. The van der Waals surface area contributed by atoms with Gasteiger partial charge >= 0.3 is 28.5 Å². The van der Waals surface area contributed by atoms with Gasteiger partial charge in [-0.15, -0.1) is 22.1 Å². The zero-order chi connectivity index (χ0) is 45.8. The van der Waals surface area contributed by atoms with Gasteiger partial charge in [-0.25, -0.2) is 0 Å². The summed E-state index contributed by atoms with van der Waals surface area (Å²) in [5.41, 5.74) is -4.43. The molecule has 4 unspecified atom stereocenters. The first kappa shape index (κ1) is 49.1. The van der Waals surface area contributed by atoms with E-state index in [4.69, 9.17) is 9.97 Å². The SMILES string of the molecule is CC1(CC(=O)[O-])c2cc3nc(cc4[n-]c(cc5[n-]c(cc(n2)C1CCC(=O)[O-])c(CC(=O)[O-])c5CCC(=O)[O-])c(CCC(=O)[O-])c4CC(=O)[O-])C(C)(CC(=O)[O-])C3CCC(=O)[O-].[Fe+2].[H+].[H+].[H+].[H+].[H+].[H+].[H+].[H+]. The Labute approximate surface area is 379 Å². The van der Waals surface area contributed by atoms with Crippen molar-refractivity contribution in [1.29, 1.82) is 0 Å². The number of hydrogen-bond acceptors (Lipinski definition) is 18. The first-order valence-corrected chi connectivity index (χ1v) is 19.3. The second-order valence-electron chi connectivity index (χ2n) is 15.8. The van der Waals surface area contributed by atoms with Crippen LogP contribution >= 0.6 is 0 Å². The first-order valence-electron chi connectivity index (χ1n) is 19.3. The molecule has 3 aromatic rings. The van der Waals surface area contributed by atoms with Gasteiger partial charge in [-0.3, -0.25) is 9.97 Å². The van der Waals surface area contributed by atoms with Crippen molar-refractivity contribution in [2.75, 3.05) is 0 Å². The maximum Gasteiger partial charge on any atom is 2.00 e. The van der Waals surface area contributed by atoms with Gasteiger partial charge in [0.1, 0.15) is 0 Å². The average molecular weight is 917 g/mol. The van der Waals surface area contributed by atoms with Crippen molar-refractivity contribution in [1.82, 2.24) is 19.9 Å². The smallest absolute Gasteiger partial charge is 0.657 e. The van der Waals surface area contributed by atoms with Gasteiger partial charge < -0.3 is 89.2 Å². The van der Waals surface area contributed by atoms with E-state index in [1.807, 2.05) is 0 Å². The molecule has 0 N–H and O–H groups in total. The summed E-state index contributed by atoms with van der Waals surface area (Å²) in [5.74, 6) is -14.9. The molecule has 5 rings (SSSR count). The van der Waals surface area contributed by atoms with E-state index in [1.165, 1.54) is 38.1 Å². The molecule has 20 nitrogen and oxygen atoms in total. The number of nitrogens with zero attached hydrogens (tertiary/aromatic N) is 4. The van der Waals surface area contributed by atoms with E-state index in [2.05, 4.69) is 9.97 Å². The fourth-order valence-electron chi connectivity index (χ4n) is 8.70. The first-order chi connectivity index (χ1) is 29.0. The van der Waals surface area contributed by atoms with Crippen LogP contribution in [-0.4, -0.2) is 57.7 Å². The van der Waals surface area contributed by atoms with E-state index >= 15 is 0 Å². The third-order valence-electron chi connectivity index (χ3n) is 11.6. The molecule has 0 fully saturated rings. The fraction of sp³-hybridized carbons (Fsp3) is 0.429. The number of fused-ring (bicyclic) bond motifs is 8. The number of carbonyl (C=O) groups is 8. The Kier molecular flexibility index (Phi) is 15.3. The molecule has 4 atom stereocenters. The minimum absolute atomic E-state index is 0. The Bertz CT molecular complexity index is 2580. The van der Waals surface area contributed by atoms with Crippen LogP contribution in [0, 0.1) is 0 Å². The van der Waals surface area contributed by atoms with E-state index in [0.717, 1.165) is 0 Å². The Morgan fingerprint density at radius 2 is 0.841 bits per heavy atom. The molecule has 8 bridgehead atoms. The van der Waals surface area contributed by atoms with Crippen LogP contribution in [0.3, 0.4) is 0 Å². The second kappa shape index (κ2) is 19.6. The molecule has 3 aromatic heterocycles. The van der Waals surface area contributed by atoms with Crippen LogP contribution < -0.4 is 50.8 Å². The predicted molar refractivity (Wildman–Crippen MR) is 200 cm³/mol. The topological polar surface area (TPSA) is 375 Å². The molecule has 0 aliphatic carbocycles. The molecule has 2 aliphatic heterocycles. The molecule has 0 radical (unpaired) electrons. The molecule has 63 heavy (non-hydrogen) atoms. The van der Waals surface area contributed by atoms with Gasteiger partial charge in [-0.2, -0.15) is 0 Å². The van der Waals surface area contributed by atoms with Gasteiger partial charge in [0.2, 0.25) is 0 Å². The van der Waals surface area contributed by atoms with Gasteiger partial charge in [0, 0.05) is 106 Å². The van der Waals surface area contributed by atoms with Crippen LogP contribution in [-0.2, 0) is 91.9 Å². The van der Waals surface area contributed by atoms with Crippen LogP contribution in [0.1, 0.15) is 133 Å². The molecule has 336 valence electrons. The quantitative estimate of drug-likeness (QED) is 0.0952. The monoisotopic (exact) mass is 916 g/mol. The number of hydrogen-bond donors (Lipinski definition) is 0. The van der Waals surface area contributed by atoms with E-state index in [1.54, 1.807) is 0 Å². The summed E-state index contributed by atoms with van der Waals surface area (Å²) in [6.45, 7) is 2.84. The van der Waals surface area contributed by atoms with Crippen molar-refractivity contribution in [2.24, 2.45) is 0 Å².